The molecule has 0 bridgehead atoms. The largest absolute Gasteiger partial charge is 0.493 e. The van der Waals surface area contributed by atoms with Gasteiger partial charge < -0.3 is 24.8 Å². The second kappa shape index (κ2) is 9.47. The van der Waals surface area contributed by atoms with Crippen molar-refractivity contribution in [3.05, 3.63) is 17.7 Å². The topological polar surface area (TPSA) is 68.8 Å². The normalized spacial score (nSPS) is 16.4. The second-order valence-electron chi connectivity index (χ2n) is 5.31. The molecular formula is C16H25ClN2O4. The Morgan fingerprint density at radius 3 is 2.35 bits per heavy atom. The molecule has 0 radical (unpaired) electrons. The van der Waals surface area contributed by atoms with E-state index in [0.29, 0.717) is 29.8 Å². The van der Waals surface area contributed by atoms with Gasteiger partial charge in [-0.3, -0.25) is 4.79 Å². The Morgan fingerprint density at radius 1 is 1.22 bits per heavy atom. The van der Waals surface area contributed by atoms with Gasteiger partial charge in [-0.25, -0.2) is 0 Å². The summed E-state index contributed by atoms with van der Waals surface area (Å²) in [5.74, 6) is 1.64. The van der Waals surface area contributed by atoms with Crippen molar-refractivity contribution < 1.29 is 19.0 Å². The molecule has 1 fully saturated rings. The fraction of sp³-hybridized carbons (Fsp3) is 0.562. The van der Waals surface area contributed by atoms with Gasteiger partial charge in [-0.05, 0) is 37.1 Å². The number of halogens is 1. The fourth-order valence-corrected chi connectivity index (χ4v) is 2.65. The van der Waals surface area contributed by atoms with Crippen LogP contribution in [-0.4, -0.2) is 46.4 Å². The van der Waals surface area contributed by atoms with Crippen molar-refractivity contribution in [2.75, 3.05) is 34.4 Å². The smallest absolute Gasteiger partial charge is 0.224 e. The number of methoxy groups -OCH3 is 3. The lowest BCUT2D eigenvalue weighted by atomic mass is 10.1. The quantitative estimate of drug-likeness (QED) is 0.785. The minimum absolute atomic E-state index is 0. The van der Waals surface area contributed by atoms with Gasteiger partial charge in [0.15, 0.2) is 11.5 Å². The number of benzene rings is 1. The monoisotopic (exact) mass is 344 g/mol. The number of ether oxygens (including phenoxy) is 3. The van der Waals surface area contributed by atoms with Crippen molar-refractivity contribution in [1.82, 2.24) is 10.6 Å². The van der Waals surface area contributed by atoms with Crippen LogP contribution in [0.3, 0.4) is 0 Å². The molecule has 6 nitrogen and oxygen atoms in total. The minimum Gasteiger partial charge on any atom is -0.493 e. The maximum Gasteiger partial charge on any atom is 0.224 e. The van der Waals surface area contributed by atoms with E-state index in [1.165, 1.54) is 6.42 Å². The fourth-order valence-electron chi connectivity index (χ4n) is 2.65. The molecule has 0 saturated carbocycles. The first-order chi connectivity index (χ1) is 10.7. The highest BCUT2D eigenvalue weighted by molar-refractivity contribution is 5.85. The molecule has 1 heterocycles. The third kappa shape index (κ3) is 5.18. The Bertz CT molecular complexity index is 494. The van der Waals surface area contributed by atoms with Gasteiger partial charge in [0.2, 0.25) is 11.7 Å². The van der Waals surface area contributed by atoms with E-state index in [2.05, 4.69) is 10.6 Å². The number of hydrogen-bond acceptors (Lipinski definition) is 5. The first-order valence-electron chi connectivity index (χ1n) is 7.47. The Kier molecular flexibility index (Phi) is 7.98. The zero-order valence-corrected chi connectivity index (χ0v) is 14.6. The molecule has 1 aliphatic rings. The Hall–Kier alpha value is -1.66. The summed E-state index contributed by atoms with van der Waals surface area (Å²) in [4.78, 5) is 12.1. The summed E-state index contributed by atoms with van der Waals surface area (Å²) >= 11 is 0. The third-order valence-electron chi connectivity index (χ3n) is 3.80. The summed E-state index contributed by atoms with van der Waals surface area (Å²) in [6.07, 6.45) is 2.57. The van der Waals surface area contributed by atoms with Crippen molar-refractivity contribution in [3.63, 3.8) is 0 Å². The highest BCUT2D eigenvalue weighted by Crippen LogP contribution is 2.38. The van der Waals surface area contributed by atoms with Crippen LogP contribution >= 0.6 is 12.4 Å². The molecule has 1 saturated heterocycles. The summed E-state index contributed by atoms with van der Waals surface area (Å²) in [5, 5.41) is 6.32. The predicted octanol–water partition coefficient (Wildman–Crippen LogP) is 1.54. The van der Waals surface area contributed by atoms with Gasteiger partial charge in [-0.15, -0.1) is 12.4 Å². The van der Waals surface area contributed by atoms with Gasteiger partial charge in [0.05, 0.1) is 27.8 Å². The second-order valence-corrected chi connectivity index (χ2v) is 5.31. The average Bonchev–Trinajstić information content (AvgIpc) is 3.05. The van der Waals surface area contributed by atoms with E-state index in [1.54, 1.807) is 33.5 Å². The van der Waals surface area contributed by atoms with E-state index in [0.717, 1.165) is 18.5 Å². The van der Waals surface area contributed by atoms with Gasteiger partial charge in [0.25, 0.3) is 0 Å². The molecular weight excluding hydrogens is 320 g/mol. The van der Waals surface area contributed by atoms with Gasteiger partial charge in [0.1, 0.15) is 0 Å². The lowest BCUT2D eigenvalue weighted by molar-refractivity contribution is -0.120. The van der Waals surface area contributed by atoms with E-state index < -0.39 is 0 Å². The lowest BCUT2D eigenvalue weighted by Crippen LogP contribution is -2.37. The van der Waals surface area contributed by atoms with Crippen LogP contribution in [0, 0.1) is 0 Å². The number of carbonyl (C=O) groups excluding carboxylic acids is 1. The Morgan fingerprint density at radius 2 is 1.87 bits per heavy atom. The number of hydrogen-bond donors (Lipinski definition) is 2. The molecule has 23 heavy (non-hydrogen) atoms. The third-order valence-corrected chi connectivity index (χ3v) is 3.80. The molecule has 1 unspecified atom stereocenters. The van der Waals surface area contributed by atoms with Crippen LogP contribution in [0.5, 0.6) is 17.2 Å². The minimum atomic E-state index is -0.0111. The van der Waals surface area contributed by atoms with Gasteiger partial charge >= 0.3 is 0 Å². The van der Waals surface area contributed by atoms with Gasteiger partial charge in [0, 0.05) is 12.6 Å². The molecule has 0 aromatic heterocycles. The summed E-state index contributed by atoms with van der Waals surface area (Å²) in [5.41, 5.74) is 0.825. The van der Waals surface area contributed by atoms with E-state index >= 15 is 0 Å². The molecule has 130 valence electrons. The maximum absolute atomic E-state index is 12.1. The molecule has 1 aliphatic heterocycles. The highest BCUT2D eigenvalue weighted by Gasteiger charge is 2.17. The number of amides is 1. The predicted molar refractivity (Wildman–Crippen MR) is 91.1 cm³/mol. The zero-order chi connectivity index (χ0) is 15.9. The van der Waals surface area contributed by atoms with Crippen LogP contribution in [-0.2, 0) is 11.2 Å². The molecule has 1 amide bonds. The molecule has 2 rings (SSSR count). The standard InChI is InChI=1S/C16H24N2O4.ClH/c1-20-13-7-11(8-14(21-2)16(13)22-3)9-15(19)18-10-12-5-4-6-17-12;/h7-8,12,17H,4-6,9-10H2,1-3H3,(H,18,19);1H. The van der Waals surface area contributed by atoms with Crippen LogP contribution in [0.1, 0.15) is 18.4 Å². The van der Waals surface area contributed by atoms with Crippen molar-refractivity contribution in [2.24, 2.45) is 0 Å². The summed E-state index contributed by atoms with van der Waals surface area (Å²) in [6.45, 7) is 1.71. The van der Waals surface area contributed by atoms with Gasteiger partial charge in [-0.1, -0.05) is 0 Å². The summed E-state index contributed by atoms with van der Waals surface area (Å²) < 4.78 is 15.9. The van der Waals surface area contributed by atoms with Gasteiger partial charge in [-0.2, -0.15) is 0 Å². The first kappa shape index (κ1) is 19.4. The SMILES string of the molecule is COc1cc(CC(=O)NCC2CCCN2)cc(OC)c1OC.Cl. The van der Waals surface area contributed by atoms with Crippen LogP contribution in [0.15, 0.2) is 12.1 Å². The molecule has 2 N–H and O–H groups in total. The lowest BCUT2D eigenvalue weighted by Gasteiger charge is -2.15. The molecule has 0 spiro atoms. The van der Waals surface area contributed by atoms with Crippen LogP contribution < -0.4 is 24.8 Å². The zero-order valence-electron chi connectivity index (χ0n) is 13.8. The summed E-state index contributed by atoms with van der Waals surface area (Å²) in [6, 6.07) is 3.99. The van der Waals surface area contributed by atoms with Crippen molar-refractivity contribution >= 4 is 18.3 Å². The molecule has 1 aromatic rings. The molecule has 0 aliphatic carbocycles. The van der Waals surface area contributed by atoms with Crippen molar-refractivity contribution in [3.8, 4) is 17.2 Å². The Labute approximate surface area is 143 Å². The van der Waals surface area contributed by atoms with E-state index in [1.807, 2.05) is 0 Å². The van der Waals surface area contributed by atoms with E-state index in [-0.39, 0.29) is 24.7 Å². The number of carbonyl (C=O) groups is 1. The average molecular weight is 345 g/mol. The summed E-state index contributed by atoms with van der Waals surface area (Å²) in [7, 11) is 4.68. The number of rotatable bonds is 7. The molecule has 7 heteroatoms. The maximum atomic E-state index is 12.1. The molecule has 1 atom stereocenters. The van der Waals surface area contributed by atoms with E-state index in [9.17, 15) is 4.79 Å². The number of nitrogens with one attached hydrogen (secondary N) is 2. The Balaban J connectivity index is 0.00000264. The highest BCUT2D eigenvalue weighted by atomic mass is 35.5. The first-order valence-corrected chi connectivity index (χ1v) is 7.47. The van der Waals surface area contributed by atoms with Crippen LogP contribution in [0.25, 0.3) is 0 Å². The van der Waals surface area contributed by atoms with Crippen LogP contribution in [0.2, 0.25) is 0 Å². The van der Waals surface area contributed by atoms with Crippen LogP contribution in [0.4, 0.5) is 0 Å². The van der Waals surface area contributed by atoms with E-state index in [4.69, 9.17) is 14.2 Å². The van der Waals surface area contributed by atoms with Crippen molar-refractivity contribution in [1.29, 1.82) is 0 Å². The molecule has 1 aromatic carbocycles. The van der Waals surface area contributed by atoms with Crippen molar-refractivity contribution in [2.45, 2.75) is 25.3 Å².